The van der Waals surface area contributed by atoms with Crippen molar-refractivity contribution in [2.75, 3.05) is 19.6 Å². The van der Waals surface area contributed by atoms with Gasteiger partial charge in [0.15, 0.2) is 0 Å². The molecule has 1 aromatic carbocycles. The summed E-state index contributed by atoms with van der Waals surface area (Å²) in [4.78, 5) is 23.0. The number of amides is 1. The zero-order valence-electron chi connectivity index (χ0n) is 15.8. The van der Waals surface area contributed by atoms with E-state index in [1.54, 1.807) is 42.7 Å². The molecule has 0 saturated carbocycles. The summed E-state index contributed by atoms with van der Waals surface area (Å²) in [5.74, 6) is 0.564. The van der Waals surface area contributed by atoms with Crippen LogP contribution in [0.5, 0.6) is 0 Å². The third-order valence-corrected chi connectivity index (χ3v) is 7.61. The summed E-state index contributed by atoms with van der Waals surface area (Å²) < 4.78 is 27.4. The Bertz CT molecular complexity index is 899. The van der Waals surface area contributed by atoms with Crippen LogP contribution in [0.15, 0.2) is 47.6 Å². The Morgan fingerprint density at radius 1 is 1.07 bits per heavy atom. The topological polar surface area (TPSA) is 86.4 Å². The van der Waals surface area contributed by atoms with Crippen LogP contribution in [0, 0.1) is 5.92 Å². The number of aromatic nitrogens is 2. The van der Waals surface area contributed by atoms with Crippen LogP contribution in [0.1, 0.15) is 44.0 Å². The Kier molecular flexibility index (Phi) is 5.50. The predicted molar refractivity (Wildman–Crippen MR) is 105 cm³/mol. The second-order valence-electron chi connectivity index (χ2n) is 7.53. The molecule has 4 rings (SSSR count). The molecule has 1 N–H and O–H groups in total. The van der Waals surface area contributed by atoms with Gasteiger partial charge in [-0.3, -0.25) is 4.79 Å². The molecular formula is C20H26N4O3S. The Morgan fingerprint density at radius 2 is 1.89 bits per heavy atom. The van der Waals surface area contributed by atoms with Crippen LogP contribution in [0.2, 0.25) is 0 Å². The maximum absolute atomic E-state index is 13.3. The van der Waals surface area contributed by atoms with Crippen LogP contribution in [0.4, 0.5) is 0 Å². The predicted octanol–water partition coefficient (Wildman–Crippen LogP) is 2.56. The highest BCUT2D eigenvalue weighted by Crippen LogP contribution is 2.32. The Labute approximate surface area is 165 Å². The van der Waals surface area contributed by atoms with Crippen molar-refractivity contribution in [3.63, 3.8) is 0 Å². The minimum atomic E-state index is -3.57. The van der Waals surface area contributed by atoms with Gasteiger partial charge in [-0.2, -0.15) is 4.31 Å². The van der Waals surface area contributed by atoms with E-state index in [4.69, 9.17) is 0 Å². The molecule has 2 unspecified atom stereocenters. The molecular weight excluding hydrogens is 376 g/mol. The number of imidazole rings is 1. The second kappa shape index (κ2) is 8.05. The van der Waals surface area contributed by atoms with Crippen LogP contribution in [-0.2, 0) is 14.8 Å². The molecule has 0 radical (unpaired) electrons. The summed E-state index contributed by atoms with van der Waals surface area (Å²) in [7, 11) is -3.57. The quantitative estimate of drug-likeness (QED) is 0.852. The third kappa shape index (κ3) is 3.71. The van der Waals surface area contributed by atoms with Gasteiger partial charge < -0.3 is 9.88 Å². The summed E-state index contributed by atoms with van der Waals surface area (Å²) in [6.45, 7) is 1.41. The van der Waals surface area contributed by atoms with Crippen LogP contribution in [0.3, 0.4) is 0 Å². The Hall–Kier alpha value is -2.19. The first-order chi connectivity index (χ1) is 13.6. The molecule has 2 fully saturated rings. The number of aromatic amines is 1. The zero-order chi connectivity index (χ0) is 19.6. The number of H-pyrrole nitrogens is 1. The Morgan fingerprint density at radius 3 is 2.64 bits per heavy atom. The molecule has 8 heteroatoms. The summed E-state index contributed by atoms with van der Waals surface area (Å²) in [6.07, 6.45) is 7.83. The second-order valence-corrected chi connectivity index (χ2v) is 9.47. The number of sulfonamides is 1. The van der Waals surface area contributed by atoms with Gasteiger partial charge in [0.05, 0.1) is 16.9 Å². The normalized spacial score (nSPS) is 24.2. The molecule has 2 saturated heterocycles. The van der Waals surface area contributed by atoms with Crippen molar-refractivity contribution in [1.29, 1.82) is 0 Å². The van der Waals surface area contributed by atoms with E-state index in [-0.39, 0.29) is 29.3 Å². The number of likely N-dealkylation sites (tertiary alicyclic amines) is 1. The number of nitrogens with zero attached hydrogens (tertiary/aromatic N) is 3. The highest BCUT2D eigenvalue weighted by atomic mass is 32.2. The van der Waals surface area contributed by atoms with E-state index in [1.807, 2.05) is 4.90 Å². The molecule has 2 atom stereocenters. The lowest BCUT2D eigenvalue weighted by molar-refractivity contribution is -0.140. The highest BCUT2D eigenvalue weighted by molar-refractivity contribution is 7.89. The van der Waals surface area contributed by atoms with Crippen molar-refractivity contribution >= 4 is 15.9 Å². The molecule has 0 spiro atoms. The smallest absolute Gasteiger partial charge is 0.243 e. The van der Waals surface area contributed by atoms with E-state index >= 15 is 0 Å². The van der Waals surface area contributed by atoms with Gasteiger partial charge in [-0.25, -0.2) is 13.4 Å². The summed E-state index contributed by atoms with van der Waals surface area (Å²) in [6, 6.07) is 8.42. The fourth-order valence-electron chi connectivity index (χ4n) is 4.28. The van der Waals surface area contributed by atoms with Crippen LogP contribution in [-0.4, -0.2) is 53.1 Å². The first kappa shape index (κ1) is 19.1. The molecule has 0 bridgehead atoms. The number of carbonyl (C=O) groups is 1. The molecule has 0 aliphatic carbocycles. The van der Waals surface area contributed by atoms with E-state index in [9.17, 15) is 13.2 Å². The average molecular weight is 403 g/mol. The van der Waals surface area contributed by atoms with E-state index in [0.717, 1.165) is 31.5 Å². The third-order valence-electron chi connectivity index (χ3n) is 5.74. The fraction of sp³-hybridized carbons (Fsp3) is 0.500. The van der Waals surface area contributed by atoms with Gasteiger partial charge in [0.1, 0.15) is 5.82 Å². The van der Waals surface area contributed by atoms with Crippen molar-refractivity contribution in [2.45, 2.75) is 43.0 Å². The summed E-state index contributed by atoms with van der Waals surface area (Å²) in [5.41, 5.74) is 0. The lowest BCUT2D eigenvalue weighted by atomic mass is 9.94. The minimum absolute atomic E-state index is 0.0441. The van der Waals surface area contributed by atoms with Crippen molar-refractivity contribution < 1.29 is 13.2 Å². The molecule has 28 heavy (non-hydrogen) atoms. The molecule has 150 valence electrons. The first-order valence-corrected chi connectivity index (χ1v) is 11.4. The molecule has 2 aliphatic rings. The Balaban J connectivity index is 1.52. The van der Waals surface area contributed by atoms with Crippen molar-refractivity contribution in [3.05, 3.63) is 48.5 Å². The van der Waals surface area contributed by atoms with Crippen LogP contribution >= 0.6 is 0 Å². The standard InChI is InChI=1S/C20H26N4O3S/c25-20(24-14-5-4-10-18(24)19-21-11-12-22-19)16-7-6-13-23(15-16)28(26,27)17-8-2-1-3-9-17/h1-3,8-9,11-12,16,18H,4-7,10,13-15H2,(H,21,22). The zero-order valence-corrected chi connectivity index (χ0v) is 16.6. The van der Waals surface area contributed by atoms with Crippen molar-refractivity contribution in [1.82, 2.24) is 19.2 Å². The first-order valence-electron chi connectivity index (χ1n) is 9.92. The fourth-order valence-corrected chi connectivity index (χ4v) is 5.82. The van der Waals surface area contributed by atoms with E-state index in [1.165, 1.54) is 4.31 Å². The van der Waals surface area contributed by atoms with Crippen molar-refractivity contribution in [3.8, 4) is 0 Å². The molecule has 2 aromatic rings. The molecule has 3 heterocycles. The maximum Gasteiger partial charge on any atom is 0.243 e. The number of hydrogen-bond acceptors (Lipinski definition) is 4. The lowest BCUT2D eigenvalue weighted by Crippen LogP contribution is -2.48. The maximum atomic E-state index is 13.3. The monoisotopic (exact) mass is 402 g/mol. The van der Waals surface area contributed by atoms with E-state index < -0.39 is 10.0 Å². The van der Waals surface area contributed by atoms with Gasteiger partial charge in [-0.05, 0) is 44.2 Å². The largest absolute Gasteiger partial charge is 0.347 e. The van der Waals surface area contributed by atoms with Gasteiger partial charge >= 0.3 is 0 Å². The number of rotatable bonds is 4. The highest BCUT2D eigenvalue weighted by Gasteiger charge is 2.38. The van der Waals surface area contributed by atoms with Gasteiger partial charge in [0.25, 0.3) is 0 Å². The van der Waals surface area contributed by atoms with Crippen LogP contribution in [0.25, 0.3) is 0 Å². The number of carbonyl (C=O) groups excluding carboxylic acids is 1. The SMILES string of the molecule is O=C(C1CCCN(S(=O)(=O)c2ccccc2)C1)N1CCCCC1c1ncc[nH]1. The lowest BCUT2D eigenvalue weighted by Gasteiger charge is -2.39. The van der Waals surface area contributed by atoms with Gasteiger partial charge in [0, 0.05) is 32.0 Å². The van der Waals surface area contributed by atoms with Gasteiger partial charge in [0.2, 0.25) is 15.9 Å². The average Bonchev–Trinajstić information content (AvgIpc) is 3.29. The number of nitrogens with one attached hydrogen (secondary N) is 1. The molecule has 1 aromatic heterocycles. The van der Waals surface area contributed by atoms with E-state index in [2.05, 4.69) is 9.97 Å². The van der Waals surface area contributed by atoms with E-state index in [0.29, 0.717) is 19.5 Å². The van der Waals surface area contributed by atoms with Crippen LogP contribution < -0.4 is 0 Å². The molecule has 1 amide bonds. The van der Waals surface area contributed by atoms with Gasteiger partial charge in [-0.15, -0.1) is 0 Å². The minimum Gasteiger partial charge on any atom is -0.347 e. The summed E-state index contributed by atoms with van der Waals surface area (Å²) in [5, 5.41) is 0. The van der Waals surface area contributed by atoms with Crippen molar-refractivity contribution in [2.24, 2.45) is 5.92 Å². The number of piperidine rings is 2. The number of benzene rings is 1. The summed E-state index contributed by atoms with van der Waals surface area (Å²) >= 11 is 0. The number of hydrogen-bond donors (Lipinski definition) is 1. The molecule has 2 aliphatic heterocycles. The van der Waals surface area contributed by atoms with Gasteiger partial charge in [-0.1, -0.05) is 18.2 Å². The molecule has 7 nitrogen and oxygen atoms in total.